The van der Waals surface area contributed by atoms with Crippen molar-refractivity contribution in [3.8, 4) is 0 Å². The zero-order valence-corrected chi connectivity index (χ0v) is 10.4. The van der Waals surface area contributed by atoms with Crippen LogP contribution in [0.3, 0.4) is 0 Å². The normalized spacial score (nSPS) is 11.5. The van der Waals surface area contributed by atoms with Gasteiger partial charge in [-0.15, -0.1) is 0 Å². The van der Waals surface area contributed by atoms with Crippen molar-refractivity contribution < 1.29 is 0 Å². The van der Waals surface area contributed by atoms with E-state index in [1.807, 2.05) is 13.8 Å². The van der Waals surface area contributed by atoms with Gasteiger partial charge in [-0.05, 0) is 34.1 Å². The molecule has 3 heteroatoms. The molecular weight excluding hydrogens is 186 g/mol. The van der Waals surface area contributed by atoms with Gasteiger partial charge in [-0.3, -0.25) is 4.98 Å². The molecule has 0 aliphatic carbocycles. The quantitative estimate of drug-likeness (QED) is 0.824. The van der Waals surface area contributed by atoms with Gasteiger partial charge < -0.3 is 5.32 Å². The molecule has 0 spiro atoms. The molecule has 1 aromatic rings. The van der Waals surface area contributed by atoms with E-state index >= 15 is 0 Å². The summed E-state index contributed by atoms with van der Waals surface area (Å²) in [6, 6.07) is 0. The Morgan fingerprint density at radius 3 is 2.60 bits per heavy atom. The summed E-state index contributed by atoms with van der Waals surface area (Å²) in [5.41, 5.74) is 2.00. The Hall–Kier alpha value is -1.12. The van der Waals surface area contributed by atoms with Gasteiger partial charge in [-0.2, -0.15) is 0 Å². The van der Waals surface area contributed by atoms with Crippen LogP contribution in [0.4, 0.5) is 5.82 Å². The molecule has 0 aliphatic heterocycles. The van der Waals surface area contributed by atoms with E-state index in [2.05, 4.69) is 36.1 Å². The smallest absolute Gasteiger partial charge is 0.148 e. The number of aryl methyl sites for hydroxylation is 2. The van der Waals surface area contributed by atoms with E-state index in [0.717, 1.165) is 30.0 Å². The van der Waals surface area contributed by atoms with Gasteiger partial charge in [0, 0.05) is 11.7 Å². The van der Waals surface area contributed by atoms with E-state index in [0.29, 0.717) is 0 Å². The Balaban J connectivity index is 2.83. The fourth-order valence-corrected chi connectivity index (χ4v) is 1.66. The molecule has 1 N–H and O–H groups in total. The van der Waals surface area contributed by atoms with Crippen molar-refractivity contribution in [2.75, 3.05) is 5.32 Å². The Morgan fingerprint density at radius 1 is 1.33 bits per heavy atom. The second-order valence-corrected chi connectivity index (χ2v) is 4.70. The summed E-state index contributed by atoms with van der Waals surface area (Å²) in [6.07, 6.45) is 4.09. The minimum atomic E-state index is 0.0853. The maximum atomic E-state index is 4.47. The number of aromatic nitrogens is 2. The third kappa shape index (κ3) is 3.50. The SMILES string of the molecule is CCCC(C)(C)Nc1nc(C)cnc1C. The summed E-state index contributed by atoms with van der Waals surface area (Å²) in [5, 5.41) is 3.45. The van der Waals surface area contributed by atoms with Crippen molar-refractivity contribution in [1.82, 2.24) is 9.97 Å². The molecule has 84 valence electrons. The zero-order chi connectivity index (χ0) is 11.5. The molecule has 15 heavy (non-hydrogen) atoms. The molecule has 3 nitrogen and oxygen atoms in total. The van der Waals surface area contributed by atoms with E-state index in [-0.39, 0.29) is 5.54 Å². The maximum absolute atomic E-state index is 4.47. The van der Waals surface area contributed by atoms with Crippen LogP contribution in [0.2, 0.25) is 0 Å². The van der Waals surface area contributed by atoms with Crippen molar-refractivity contribution in [3.63, 3.8) is 0 Å². The number of anilines is 1. The van der Waals surface area contributed by atoms with Crippen molar-refractivity contribution in [2.45, 2.75) is 53.0 Å². The predicted octanol–water partition coefficient (Wildman–Crippen LogP) is 3.08. The highest BCUT2D eigenvalue weighted by molar-refractivity contribution is 5.41. The van der Waals surface area contributed by atoms with Crippen LogP contribution in [0, 0.1) is 13.8 Å². The van der Waals surface area contributed by atoms with Crippen LogP contribution in [-0.2, 0) is 0 Å². The zero-order valence-electron chi connectivity index (χ0n) is 10.4. The van der Waals surface area contributed by atoms with Gasteiger partial charge in [0.15, 0.2) is 0 Å². The van der Waals surface area contributed by atoms with Crippen LogP contribution in [0.1, 0.15) is 45.0 Å². The Labute approximate surface area is 92.3 Å². The van der Waals surface area contributed by atoms with Crippen LogP contribution in [0.5, 0.6) is 0 Å². The molecule has 0 radical (unpaired) electrons. The second kappa shape index (κ2) is 4.60. The molecule has 0 amide bonds. The molecule has 0 atom stereocenters. The van der Waals surface area contributed by atoms with E-state index < -0.39 is 0 Å². The van der Waals surface area contributed by atoms with Gasteiger partial charge in [0.05, 0.1) is 11.4 Å². The molecule has 1 rings (SSSR count). The first kappa shape index (κ1) is 12.0. The first-order valence-electron chi connectivity index (χ1n) is 5.53. The van der Waals surface area contributed by atoms with Crippen LogP contribution >= 0.6 is 0 Å². The van der Waals surface area contributed by atoms with E-state index in [1.54, 1.807) is 6.20 Å². The van der Waals surface area contributed by atoms with Gasteiger partial charge in [0.25, 0.3) is 0 Å². The number of nitrogens with one attached hydrogen (secondary N) is 1. The molecule has 0 aliphatic rings. The lowest BCUT2D eigenvalue weighted by molar-refractivity contribution is 0.508. The lowest BCUT2D eigenvalue weighted by atomic mass is 9.99. The van der Waals surface area contributed by atoms with Gasteiger partial charge in [-0.25, -0.2) is 4.98 Å². The first-order chi connectivity index (χ1) is 6.94. The van der Waals surface area contributed by atoms with Gasteiger partial charge >= 0.3 is 0 Å². The summed E-state index contributed by atoms with van der Waals surface area (Å²) in [5.74, 6) is 0.911. The molecule has 0 fully saturated rings. The fraction of sp³-hybridized carbons (Fsp3) is 0.667. The van der Waals surface area contributed by atoms with Crippen LogP contribution < -0.4 is 5.32 Å². The highest BCUT2D eigenvalue weighted by atomic mass is 15.1. The standard InChI is InChI=1S/C12H21N3/c1-6-7-12(4,5)15-11-10(3)13-8-9(2)14-11/h8H,6-7H2,1-5H3,(H,14,15). The van der Waals surface area contributed by atoms with Gasteiger partial charge in [0.1, 0.15) is 5.82 Å². The molecule has 0 unspecified atom stereocenters. The van der Waals surface area contributed by atoms with Crippen LogP contribution in [0.15, 0.2) is 6.20 Å². The van der Waals surface area contributed by atoms with Crippen molar-refractivity contribution in [3.05, 3.63) is 17.6 Å². The summed E-state index contributed by atoms with van der Waals surface area (Å²) < 4.78 is 0. The summed E-state index contributed by atoms with van der Waals surface area (Å²) in [6.45, 7) is 10.5. The molecule has 1 aromatic heterocycles. The average molecular weight is 207 g/mol. The highest BCUT2D eigenvalue weighted by Gasteiger charge is 2.17. The van der Waals surface area contributed by atoms with Crippen LogP contribution in [0.25, 0.3) is 0 Å². The third-order valence-electron chi connectivity index (χ3n) is 2.41. The largest absolute Gasteiger partial charge is 0.364 e. The molecule has 1 heterocycles. The second-order valence-electron chi connectivity index (χ2n) is 4.70. The topological polar surface area (TPSA) is 37.8 Å². The lowest BCUT2D eigenvalue weighted by Crippen LogP contribution is -2.31. The minimum absolute atomic E-state index is 0.0853. The summed E-state index contributed by atoms with van der Waals surface area (Å²) >= 11 is 0. The number of rotatable bonds is 4. The lowest BCUT2D eigenvalue weighted by Gasteiger charge is -2.27. The Kier molecular flexibility index (Phi) is 3.66. The van der Waals surface area contributed by atoms with E-state index in [9.17, 15) is 0 Å². The third-order valence-corrected chi connectivity index (χ3v) is 2.41. The van der Waals surface area contributed by atoms with E-state index in [4.69, 9.17) is 0 Å². The Morgan fingerprint density at radius 2 is 2.00 bits per heavy atom. The number of hydrogen-bond acceptors (Lipinski definition) is 3. The van der Waals surface area contributed by atoms with Crippen LogP contribution in [-0.4, -0.2) is 15.5 Å². The average Bonchev–Trinajstić information content (AvgIpc) is 2.10. The molecule has 0 saturated carbocycles. The molecule has 0 aromatic carbocycles. The molecule has 0 saturated heterocycles. The van der Waals surface area contributed by atoms with Gasteiger partial charge in [0.2, 0.25) is 0 Å². The predicted molar refractivity (Wildman–Crippen MR) is 64.1 cm³/mol. The maximum Gasteiger partial charge on any atom is 0.148 e. The summed E-state index contributed by atoms with van der Waals surface area (Å²) in [7, 11) is 0. The molecular formula is C12H21N3. The van der Waals surface area contributed by atoms with Gasteiger partial charge in [-0.1, -0.05) is 13.3 Å². The number of nitrogens with zero attached hydrogens (tertiary/aromatic N) is 2. The summed E-state index contributed by atoms with van der Waals surface area (Å²) in [4.78, 5) is 8.76. The van der Waals surface area contributed by atoms with Crippen molar-refractivity contribution >= 4 is 5.82 Å². The molecule has 0 bridgehead atoms. The minimum Gasteiger partial charge on any atom is -0.364 e. The fourth-order valence-electron chi connectivity index (χ4n) is 1.66. The monoisotopic (exact) mass is 207 g/mol. The Bertz CT molecular complexity index is 332. The van der Waals surface area contributed by atoms with E-state index in [1.165, 1.54) is 0 Å². The number of hydrogen-bond donors (Lipinski definition) is 1. The van der Waals surface area contributed by atoms with Crippen molar-refractivity contribution in [1.29, 1.82) is 0 Å². The first-order valence-corrected chi connectivity index (χ1v) is 5.53. The van der Waals surface area contributed by atoms with Crippen molar-refractivity contribution in [2.24, 2.45) is 0 Å². The highest BCUT2D eigenvalue weighted by Crippen LogP contribution is 2.19.